The fourth-order valence-corrected chi connectivity index (χ4v) is 4.77. The molecule has 0 radical (unpaired) electrons. The van der Waals surface area contributed by atoms with Crippen LogP contribution < -0.4 is 10.7 Å². The van der Waals surface area contributed by atoms with Crippen molar-refractivity contribution in [1.82, 2.24) is 9.78 Å². The average molecular weight is 496 g/mol. The molecule has 1 aliphatic heterocycles. The van der Waals surface area contributed by atoms with Crippen LogP contribution in [-0.2, 0) is 4.74 Å². The van der Waals surface area contributed by atoms with Crippen LogP contribution in [0.1, 0.15) is 40.5 Å². The number of hydrogen-bond acceptors (Lipinski definition) is 6. The van der Waals surface area contributed by atoms with Gasteiger partial charge in [-0.3, -0.25) is 9.48 Å². The quantitative estimate of drug-likeness (QED) is 0.318. The zero-order chi connectivity index (χ0) is 25.7. The van der Waals surface area contributed by atoms with Gasteiger partial charge in [0.2, 0.25) is 0 Å². The molecule has 0 saturated carbocycles. The van der Waals surface area contributed by atoms with Gasteiger partial charge in [-0.1, -0.05) is 18.2 Å². The van der Waals surface area contributed by atoms with E-state index in [2.05, 4.69) is 10.4 Å². The molecular weight excluding hydrogens is 470 g/mol. The van der Waals surface area contributed by atoms with Gasteiger partial charge >= 0.3 is 5.97 Å². The molecule has 2 aromatic heterocycles. The number of aromatic carboxylic acids is 1. The van der Waals surface area contributed by atoms with Gasteiger partial charge in [0.1, 0.15) is 11.3 Å². The SMILES string of the molecule is Cc1cc(C(C)Nc2ccccc2C(=O)O)c2oc(-c3ccc4nn(C5COC5)cc4c3)cc(=O)c2c1. The van der Waals surface area contributed by atoms with Crippen LogP contribution >= 0.6 is 0 Å². The molecule has 37 heavy (non-hydrogen) atoms. The van der Waals surface area contributed by atoms with Crippen molar-refractivity contribution in [3.05, 3.63) is 93.8 Å². The van der Waals surface area contributed by atoms with Crippen LogP contribution in [0.2, 0.25) is 0 Å². The number of para-hydroxylation sites is 1. The molecular formula is C29H25N3O5. The lowest BCUT2D eigenvalue weighted by atomic mass is 10.00. The first-order chi connectivity index (χ1) is 17.9. The molecule has 1 unspecified atom stereocenters. The summed E-state index contributed by atoms with van der Waals surface area (Å²) >= 11 is 0. The molecule has 0 amide bonds. The van der Waals surface area contributed by atoms with Crippen molar-refractivity contribution in [3.63, 3.8) is 0 Å². The van der Waals surface area contributed by atoms with E-state index in [-0.39, 0.29) is 23.1 Å². The first-order valence-electron chi connectivity index (χ1n) is 12.1. The summed E-state index contributed by atoms with van der Waals surface area (Å²) in [6.45, 7) is 5.16. The van der Waals surface area contributed by atoms with Crippen molar-refractivity contribution in [2.24, 2.45) is 0 Å². The lowest BCUT2D eigenvalue weighted by Gasteiger charge is -2.25. The lowest BCUT2D eigenvalue weighted by molar-refractivity contribution is -0.0283. The second kappa shape index (κ2) is 8.90. The van der Waals surface area contributed by atoms with Crippen LogP contribution in [0, 0.1) is 6.92 Å². The summed E-state index contributed by atoms with van der Waals surface area (Å²) in [5.74, 6) is -0.552. The molecule has 1 saturated heterocycles. The summed E-state index contributed by atoms with van der Waals surface area (Å²) < 4.78 is 13.6. The molecule has 8 nitrogen and oxygen atoms in total. The minimum absolute atomic E-state index is 0.137. The Bertz CT molecular complexity index is 1730. The highest BCUT2D eigenvalue weighted by atomic mass is 16.5. The maximum Gasteiger partial charge on any atom is 0.337 e. The van der Waals surface area contributed by atoms with Crippen molar-refractivity contribution in [1.29, 1.82) is 0 Å². The van der Waals surface area contributed by atoms with Gasteiger partial charge < -0.3 is 19.6 Å². The number of nitrogens with zero attached hydrogens (tertiary/aromatic N) is 2. The second-order valence-electron chi connectivity index (χ2n) is 9.50. The molecule has 0 aliphatic carbocycles. The van der Waals surface area contributed by atoms with Crippen molar-refractivity contribution >= 4 is 33.5 Å². The van der Waals surface area contributed by atoms with E-state index in [0.29, 0.717) is 35.6 Å². The molecule has 8 heteroatoms. The Morgan fingerprint density at radius 3 is 2.70 bits per heavy atom. The fourth-order valence-electron chi connectivity index (χ4n) is 4.77. The van der Waals surface area contributed by atoms with Crippen LogP contribution in [0.25, 0.3) is 33.2 Å². The zero-order valence-electron chi connectivity index (χ0n) is 20.4. The number of rotatable bonds is 6. The van der Waals surface area contributed by atoms with Crippen molar-refractivity contribution in [3.8, 4) is 11.3 Å². The Balaban J connectivity index is 1.43. The summed E-state index contributed by atoms with van der Waals surface area (Å²) in [6.07, 6.45) is 1.99. The van der Waals surface area contributed by atoms with Crippen LogP contribution in [-0.4, -0.2) is 34.1 Å². The number of anilines is 1. The van der Waals surface area contributed by atoms with Gasteiger partial charge in [-0.2, -0.15) is 5.10 Å². The lowest BCUT2D eigenvalue weighted by Crippen LogP contribution is -2.30. The molecule has 0 bridgehead atoms. The van der Waals surface area contributed by atoms with Crippen molar-refractivity contribution in [2.75, 3.05) is 18.5 Å². The van der Waals surface area contributed by atoms with E-state index < -0.39 is 5.97 Å². The molecule has 1 aliphatic rings. The average Bonchev–Trinajstić information content (AvgIpc) is 3.25. The number of nitrogens with one attached hydrogen (secondary N) is 1. The number of fused-ring (bicyclic) bond motifs is 2. The Labute approximate surface area is 212 Å². The van der Waals surface area contributed by atoms with Gasteiger partial charge in [-0.25, -0.2) is 4.79 Å². The van der Waals surface area contributed by atoms with Gasteiger partial charge in [-0.05, 0) is 55.8 Å². The minimum atomic E-state index is -1.01. The standard InChI is InChI=1S/C29H25N3O5/c1-16-9-22(17(2)30-25-6-4-3-5-21(25)29(34)35)28-23(10-16)26(33)12-27(37-28)18-7-8-24-19(11-18)13-32(31-24)20-14-36-15-20/h3-13,17,20,30H,14-15H2,1-2H3,(H,34,35). The summed E-state index contributed by atoms with van der Waals surface area (Å²) in [6, 6.07) is 17.8. The molecule has 2 N–H and O–H groups in total. The van der Waals surface area contributed by atoms with Crippen LogP contribution in [0.15, 0.2) is 76.1 Å². The maximum atomic E-state index is 13.2. The largest absolute Gasteiger partial charge is 0.478 e. The number of aryl methyl sites for hydroxylation is 1. The number of ether oxygens (including phenoxy) is 1. The summed E-state index contributed by atoms with van der Waals surface area (Å²) in [5, 5.41) is 18.9. The van der Waals surface area contributed by atoms with Gasteiger partial charge in [0.15, 0.2) is 5.43 Å². The third kappa shape index (κ3) is 4.15. The molecule has 5 aromatic rings. The van der Waals surface area contributed by atoms with Gasteiger partial charge in [-0.15, -0.1) is 0 Å². The first kappa shape index (κ1) is 23.0. The third-order valence-electron chi connectivity index (χ3n) is 6.80. The number of hydrogen-bond donors (Lipinski definition) is 2. The molecule has 0 spiro atoms. The third-order valence-corrected chi connectivity index (χ3v) is 6.80. The van der Waals surface area contributed by atoms with E-state index in [1.54, 1.807) is 24.3 Å². The number of benzene rings is 3. The predicted molar refractivity (Wildman–Crippen MR) is 141 cm³/mol. The maximum absolute atomic E-state index is 13.2. The summed E-state index contributed by atoms with van der Waals surface area (Å²) in [5.41, 5.74) is 4.34. The van der Waals surface area contributed by atoms with E-state index in [1.165, 1.54) is 6.07 Å². The smallest absolute Gasteiger partial charge is 0.337 e. The Hall–Kier alpha value is -4.43. The number of carboxylic acids is 1. The molecule has 1 atom stereocenters. The Morgan fingerprint density at radius 2 is 1.95 bits per heavy atom. The normalized spacial score (nSPS) is 14.5. The van der Waals surface area contributed by atoms with Crippen molar-refractivity contribution in [2.45, 2.75) is 25.9 Å². The molecule has 1 fully saturated rings. The number of carbonyl (C=O) groups is 1. The highest BCUT2D eigenvalue weighted by Crippen LogP contribution is 2.32. The molecule has 3 aromatic carbocycles. The molecule has 186 valence electrons. The van der Waals surface area contributed by atoms with Gasteiger partial charge in [0.05, 0.1) is 41.8 Å². The van der Waals surface area contributed by atoms with Crippen molar-refractivity contribution < 1.29 is 19.1 Å². The van der Waals surface area contributed by atoms with E-state index in [9.17, 15) is 14.7 Å². The van der Waals surface area contributed by atoms with E-state index in [1.807, 2.05) is 55.1 Å². The highest BCUT2D eigenvalue weighted by Gasteiger charge is 2.22. The van der Waals surface area contributed by atoms with E-state index >= 15 is 0 Å². The zero-order valence-corrected chi connectivity index (χ0v) is 20.4. The van der Waals surface area contributed by atoms with Crippen LogP contribution in [0.4, 0.5) is 5.69 Å². The van der Waals surface area contributed by atoms with Crippen LogP contribution in [0.5, 0.6) is 0 Å². The first-order valence-corrected chi connectivity index (χ1v) is 12.1. The summed E-state index contributed by atoms with van der Waals surface area (Å²) in [4.78, 5) is 24.9. The highest BCUT2D eigenvalue weighted by molar-refractivity contribution is 5.94. The molecule has 3 heterocycles. The van der Waals surface area contributed by atoms with E-state index in [0.717, 1.165) is 27.6 Å². The number of carboxylic acid groups (broad SMARTS) is 1. The fraction of sp³-hybridized carbons (Fsp3) is 0.207. The van der Waals surface area contributed by atoms with Crippen LogP contribution in [0.3, 0.4) is 0 Å². The van der Waals surface area contributed by atoms with Gasteiger partial charge in [0, 0.05) is 34.5 Å². The predicted octanol–water partition coefficient (Wildman–Crippen LogP) is 5.56. The topological polar surface area (TPSA) is 107 Å². The number of aromatic nitrogens is 2. The summed E-state index contributed by atoms with van der Waals surface area (Å²) in [7, 11) is 0. The monoisotopic (exact) mass is 495 g/mol. The Kier molecular flexibility index (Phi) is 5.53. The Morgan fingerprint density at radius 1 is 1.14 bits per heavy atom. The van der Waals surface area contributed by atoms with Gasteiger partial charge in [0.25, 0.3) is 0 Å². The second-order valence-corrected chi connectivity index (χ2v) is 9.50. The minimum Gasteiger partial charge on any atom is -0.478 e. The van der Waals surface area contributed by atoms with E-state index in [4.69, 9.17) is 9.15 Å². The molecule has 6 rings (SSSR count).